The van der Waals surface area contributed by atoms with Crippen molar-refractivity contribution in [3.05, 3.63) is 17.8 Å². The topological polar surface area (TPSA) is 72.6 Å². The van der Waals surface area contributed by atoms with E-state index < -0.39 is 5.97 Å². The van der Waals surface area contributed by atoms with Crippen LogP contribution < -0.4 is 0 Å². The normalized spacial score (nSPS) is 17.1. The van der Waals surface area contributed by atoms with E-state index in [1.165, 1.54) is 6.20 Å². The number of nitrogens with zero attached hydrogens (tertiary/aromatic N) is 1. The van der Waals surface area contributed by atoms with E-state index in [0.717, 1.165) is 12.8 Å². The number of carboxylic acid groups (broad SMARTS) is 1. The predicted octanol–water partition coefficient (Wildman–Crippen LogP) is 0.886. The van der Waals surface area contributed by atoms with Crippen LogP contribution in [0.3, 0.4) is 0 Å². The van der Waals surface area contributed by atoms with E-state index in [-0.39, 0.29) is 30.5 Å². The van der Waals surface area contributed by atoms with E-state index in [1.54, 1.807) is 0 Å². The van der Waals surface area contributed by atoms with Gasteiger partial charge in [0.2, 0.25) is 5.76 Å². The summed E-state index contributed by atoms with van der Waals surface area (Å²) >= 11 is 0. The molecule has 0 bridgehead atoms. The maximum Gasteiger partial charge on any atom is 0.373 e. The van der Waals surface area contributed by atoms with Gasteiger partial charge in [0.15, 0.2) is 5.89 Å². The zero-order chi connectivity index (χ0) is 9.97. The van der Waals surface area contributed by atoms with Gasteiger partial charge in [-0.25, -0.2) is 9.78 Å². The molecule has 0 aliphatic carbocycles. The molecule has 0 atom stereocenters. The summed E-state index contributed by atoms with van der Waals surface area (Å²) in [6.45, 7) is 1.38. The Labute approximate surface area is 99.0 Å². The average molecular weight is 204 g/mol. The smallest absolute Gasteiger partial charge is 0.373 e. The summed E-state index contributed by atoms with van der Waals surface area (Å²) in [6, 6.07) is 0. The summed E-state index contributed by atoms with van der Waals surface area (Å²) in [4.78, 5) is 14.5. The van der Waals surface area contributed by atoms with Crippen molar-refractivity contribution in [3.63, 3.8) is 0 Å². The number of carboxylic acids is 1. The monoisotopic (exact) mass is 204 g/mol. The third-order valence-electron chi connectivity index (χ3n) is 2.30. The molecule has 0 unspecified atom stereocenters. The summed E-state index contributed by atoms with van der Waals surface area (Å²) in [6.07, 6.45) is 2.95. The van der Waals surface area contributed by atoms with Gasteiger partial charge in [-0.05, 0) is 12.8 Å². The third kappa shape index (κ3) is 2.85. The van der Waals surface area contributed by atoms with Gasteiger partial charge in [0.25, 0.3) is 0 Å². The maximum absolute atomic E-state index is 10.5. The summed E-state index contributed by atoms with van der Waals surface area (Å²) in [7, 11) is 0. The van der Waals surface area contributed by atoms with E-state index in [4.69, 9.17) is 14.3 Å². The standard InChI is InChI=1S/C9H11NO4.Li/c11-9(12)7-5-10-8(14-7)6-1-3-13-4-2-6;/h5-6H,1-4H2,(H,11,12);. The van der Waals surface area contributed by atoms with Crippen LogP contribution in [0.1, 0.15) is 35.2 Å². The number of ether oxygens (including phenoxy) is 1. The number of hydrogen-bond donors (Lipinski definition) is 1. The van der Waals surface area contributed by atoms with Crippen molar-refractivity contribution in [2.45, 2.75) is 18.8 Å². The first kappa shape index (κ1) is 12.3. The molecule has 2 heterocycles. The van der Waals surface area contributed by atoms with Crippen LogP contribution in [-0.4, -0.2) is 48.1 Å². The molecule has 1 aromatic heterocycles. The minimum absolute atomic E-state index is 0. The van der Waals surface area contributed by atoms with Gasteiger partial charge in [-0.1, -0.05) is 0 Å². The molecule has 1 saturated heterocycles. The van der Waals surface area contributed by atoms with Crippen LogP contribution >= 0.6 is 0 Å². The molecule has 1 aromatic rings. The summed E-state index contributed by atoms with van der Waals surface area (Å²) in [5.41, 5.74) is 0. The Morgan fingerprint density at radius 3 is 2.67 bits per heavy atom. The quantitative estimate of drug-likeness (QED) is 0.724. The minimum Gasteiger partial charge on any atom is -0.475 e. The minimum atomic E-state index is -1.07. The van der Waals surface area contributed by atoms with Crippen molar-refractivity contribution < 1.29 is 19.1 Å². The molecule has 1 fully saturated rings. The van der Waals surface area contributed by atoms with Crippen LogP contribution in [0.4, 0.5) is 0 Å². The van der Waals surface area contributed by atoms with E-state index in [1.807, 2.05) is 0 Å². The van der Waals surface area contributed by atoms with Gasteiger partial charge in [-0.15, -0.1) is 0 Å². The molecule has 0 amide bonds. The maximum atomic E-state index is 10.5. The molecule has 6 heteroatoms. The fraction of sp³-hybridized carbons (Fsp3) is 0.556. The average Bonchev–Trinajstić information content (AvgIpc) is 2.68. The molecule has 15 heavy (non-hydrogen) atoms. The second-order valence-electron chi connectivity index (χ2n) is 3.25. The van der Waals surface area contributed by atoms with Gasteiger partial charge in [-0.3, -0.25) is 0 Å². The van der Waals surface area contributed by atoms with Crippen LogP contribution in [0.25, 0.3) is 0 Å². The fourth-order valence-corrected chi connectivity index (χ4v) is 1.52. The molecular formula is C9H11LiNO4. The van der Waals surface area contributed by atoms with Crippen LogP contribution in [0.5, 0.6) is 0 Å². The van der Waals surface area contributed by atoms with Crippen molar-refractivity contribution in [2.24, 2.45) is 0 Å². The Kier molecular flexibility index (Phi) is 4.40. The van der Waals surface area contributed by atoms with Gasteiger partial charge in [0, 0.05) is 38.0 Å². The van der Waals surface area contributed by atoms with E-state index in [9.17, 15) is 4.79 Å². The zero-order valence-corrected chi connectivity index (χ0v) is 8.60. The molecular weight excluding hydrogens is 193 g/mol. The molecule has 1 aliphatic rings. The van der Waals surface area contributed by atoms with Gasteiger partial charge in [0.1, 0.15) is 0 Å². The molecule has 0 spiro atoms. The van der Waals surface area contributed by atoms with Crippen molar-refractivity contribution in [3.8, 4) is 0 Å². The van der Waals surface area contributed by atoms with Crippen molar-refractivity contribution in [1.82, 2.24) is 4.98 Å². The largest absolute Gasteiger partial charge is 0.475 e. The van der Waals surface area contributed by atoms with Gasteiger partial charge < -0.3 is 14.3 Å². The van der Waals surface area contributed by atoms with Crippen molar-refractivity contribution in [2.75, 3.05) is 13.2 Å². The van der Waals surface area contributed by atoms with Gasteiger partial charge in [0.05, 0.1) is 6.20 Å². The van der Waals surface area contributed by atoms with E-state index >= 15 is 0 Å². The molecule has 1 radical (unpaired) electrons. The Balaban J connectivity index is 0.00000112. The zero-order valence-electron chi connectivity index (χ0n) is 8.60. The first-order chi connectivity index (χ1) is 6.77. The van der Waals surface area contributed by atoms with Crippen LogP contribution in [0.2, 0.25) is 0 Å². The van der Waals surface area contributed by atoms with Crippen LogP contribution in [-0.2, 0) is 4.74 Å². The van der Waals surface area contributed by atoms with Crippen molar-refractivity contribution >= 4 is 24.8 Å². The summed E-state index contributed by atoms with van der Waals surface area (Å²) in [5, 5.41) is 8.64. The second kappa shape index (κ2) is 5.36. The number of aromatic carboxylic acids is 1. The summed E-state index contributed by atoms with van der Waals surface area (Å²) in [5.74, 6) is -0.440. The van der Waals surface area contributed by atoms with Crippen molar-refractivity contribution in [1.29, 1.82) is 0 Å². The van der Waals surface area contributed by atoms with Crippen LogP contribution in [0, 0.1) is 0 Å². The summed E-state index contributed by atoms with van der Waals surface area (Å²) < 4.78 is 10.3. The Morgan fingerprint density at radius 1 is 1.47 bits per heavy atom. The Morgan fingerprint density at radius 2 is 2.13 bits per heavy atom. The van der Waals surface area contributed by atoms with Crippen LogP contribution in [0.15, 0.2) is 10.6 Å². The number of oxazole rings is 1. The van der Waals surface area contributed by atoms with Gasteiger partial charge >= 0.3 is 5.97 Å². The third-order valence-corrected chi connectivity index (χ3v) is 2.30. The second-order valence-corrected chi connectivity index (χ2v) is 3.25. The Bertz CT molecular complexity index is 333. The first-order valence-corrected chi connectivity index (χ1v) is 4.54. The SMILES string of the molecule is O=C(O)c1cnc(C2CCOCC2)o1.[Li]. The number of hydrogen-bond acceptors (Lipinski definition) is 4. The van der Waals surface area contributed by atoms with E-state index in [2.05, 4.69) is 4.98 Å². The molecule has 5 nitrogen and oxygen atoms in total. The number of carbonyl (C=O) groups is 1. The molecule has 0 saturated carbocycles. The van der Waals surface area contributed by atoms with E-state index in [0.29, 0.717) is 19.1 Å². The molecule has 1 N–H and O–H groups in total. The Hall–Kier alpha value is -0.763. The fourth-order valence-electron chi connectivity index (χ4n) is 1.52. The first-order valence-electron chi connectivity index (χ1n) is 4.54. The molecule has 2 rings (SSSR count). The number of aromatic nitrogens is 1. The van der Waals surface area contributed by atoms with Gasteiger partial charge in [-0.2, -0.15) is 0 Å². The molecule has 0 aromatic carbocycles. The number of rotatable bonds is 2. The predicted molar refractivity (Wildman–Crippen MR) is 52.0 cm³/mol. The molecule has 77 valence electrons. The molecule has 1 aliphatic heterocycles.